The third kappa shape index (κ3) is 3.84. The molecule has 7 nitrogen and oxygen atoms in total. The third-order valence-corrected chi connectivity index (χ3v) is 7.50. The largest absolute Gasteiger partial charge is 0.481 e. The summed E-state index contributed by atoms with van der Waals surface area (Å²) in [6, 6.07) is 0. The van der Waals surface area contributed by atoms with Crippen molar-refractivity contribution in [1.29, 1.82) is 0 Å². The highest BCUT2D eigenvalue weighted by molar-refractivity contribution is 5.81. The smallest absolute Gasteiger partial charge is 0.309 e. The highest BCUT2D eigenvalue weighted by Crippen LogP contribution is 2.65. The fraction of sp³-hybridized carbons (Fsp3) is 0.850. The molecule has 7 heteroatoms. The SMILES string of the molecule is NC[C@H]1CC[C@H](C(=O)O)CC1.O=C(O)C12CC3CC(C1)CC(C(=O)O)(C3)C2. The van der Waals surface area contributed by atoms with Crippen LogP contribution in [0.1, 0.15) is 64.2 Å². The lowest BCUT2D eigenvalue weighted by molar-refractivity contribution is -0.187. The molecule has 0 aromatic carbocycles. The summed E-state index contributed by atoms with van der Waals surface area (Å²) in [7, 11) is 0. The number of hydrogen-bond acceptors (Lipinski definition) is 4. The maximum Gasteiger partial charge on any atom is 0.309 e. The number of rotatable bonds is 4. The molecule has 0 aliphatic heterocycles. The van der Waals surface area contributed by atoms with E-state index in [1.165, 1.54) is 0 Å². The fourth-order valence-corrected chi connectivity index (χ4v) is 6.41. The van der Waals surface area contributed by atoms with Crippen molar-refractivity contribution >= 4 is 17.9 Å². The molecular formula is C20H31NO6. The van der Waals surface area contributed by atoms with Crippen LogP contribution in [0.5, 0.6) is 0 Å². The first-order valence-corrected chi connectivity index (χ1v) is 10.1. The highest BCUT2D eigenvalue weighted by atomic mass is 16.4. The van der Waals surface area contributed by atoms with E-state index in [0.717, 1.165) is 32.1 Å². The number of carboxylic acids is 3. The summed E-state index contributed by atoms with van der Waals surface area (Å²) in [5.74, 6) is -1.05. The van der Waals surface area contributed by atoms with Gasteiger partial charge in [-0.1, -0.05) is 0 Å². The molecule has 0 heterocycles. The van der Waals surface area contributed by atoms with Crippen molar-refractivity contribution in [3.05, 3.63) is 0 Å². The van der Waals surface area contributed by atoms with Crippen LogP contribution in [0.3, 0.4) is 0 Å². The first-order chi connectivity index (χ1) is 12.7. The standard InChI is InChI=1S/C12H16O4.C8H15NO2/c13-9(14)11-2-7-1-8(4-11)5-12(3-7,6-11)10(15)16;9-5-6-1-3-7(4-2-6)8(10)11/h7-8H,1-6H2,(H,13,14)(H,15,16);6-7H,1-5,9H2,(H,10,11)/t;6-,7-. The predicted octanol–water partition coefficient (Wildman–Crippen LogP) is 2.58. The van der Waals surface area contributed by atoms with E-state index in [1.54, 1.807) is 0 Å². The summed E-state index contributed by atoms with van der Waals surface area (Å²) in [5, 5.41) is 27.4. The summed E-state index contributed by atoms with van der Waals surface area (Å²) in [6.45, 7) is 0.715. The topological polar surface area (TPSA) is 138 Å². The predicted molar refractivity (Wildman–Crippen MR) is 97.0 cm³/mol. The highest BCUT2D eigenvalue weighted by Gasteiger charge is 2.63. The maximum absolute atomic E-state index is 11.4. The van der Waals surface area contributed by atoms with E-state index in [4.69, 9.17) is 10.8 Å². The Balaban J connectivity index is 0.000000168. The molecular weight excluding hydrogens is 350 g/mol. The van der Waals surface area contributed by atoms with Gasteiger partial charge in [-0.05, 0) is 88.5 Å². The second-order valence-electron chi connectivity index (χ2n) is 9.42. The molecule has 5 fully saturated rings. The van der Waals surface area contributed by atoms with Crippen LogP contribution >= 0.6 is 0 Å². The van der Waals surface area contributed by atoms with Gasteiger partial charge in [-0.3, -0.25) is 14.4 Å². The van der Waals surface area contributed by atoms with Crippen LogP contribution in [0.4, 0.5) is 0 Å². The lowest BCUT2D eigenvalue weighted by Gasteiger charge is -2.58. The van der Waals surface area contributed by atoms with Crippen molar-refractivity contribution in [1.82, 2.24) is 0 Å². The van der Waals surface area contributed by atoms with Gasteiger partial charge in [0.2, 0.25) is 0 Å². The van der Waals surface area contributed by atoms with E-state index in [0.29, 0.717) is 56.4 Å². The molecule has 0 aromatic heterocycles. The molecule has 5 aliphatic rings. The van der Waals surface area contributed by atoms with E-state index in [-0.39, 0.29) is 5.92 Å². The maximum atomic E-state index is 11.4. The first-order valence-electron chi connectivity index (χ1n) is 10.1. The molecule has 0 amide bonds. The minimum absolute atomic E-state index is 0.0993. The van der Waals surface area contributed by atoms with Gasteiger partial charge in [-0.25, -0.2) is 0 Å². The minimum atomic E-state index is -0.771. The van der Waals surface area contributed by atoms with Crippen molar-refractivity contribution in [2.45, 2.75) is 64.2 Å². The molecule has 152 valence electrons. The van der Waals surface area contributed by atoms with E-state index in [1.807, 2.05) is 0 Å². The molecule has 5 rings (SSSR count). The van der Waals surface area contributed by atoms with E-state index < -0.39 is 28.7 Å². The van der Waals surface area contributed by atoms with Crippen molar-refractivity contribution < 1.29 is 29.7 Å². The van der Waals surface area contributed by atoms with E-state index in [2.05, 4.69) is 0 Å². The number of hydrogen-bond donors (Lipinski definition) is 4. The van der Waals surface area contributed by atoms with Gasteiger partial charge in [0.05, 0.1) is 16.7 Å². The van der Waals surface area contributed by atoms with Gasteiger partial charge in [0.1, 0.15) is 0 Å². The van der Waals surface area contributed by atoms with Crippen LogP contribution in [0, 0.1) is 34.5 Å². The Morgan fingerprint density at radius 1 is 0.815 bits per heavy atom. The van der Waals surface area contributed by atoms with Gasteiger partial charge in [0.25, 0.3) is 0 Å². The van der Waals surface area contributed by atoms with Crippen LogP contribution in [0.2, 0.25) is 0 Å². The molecule has 0 atom stereocenters. The van der Waals surface area contributed by atoms with Crippen LogP contribution in [0.25, 0.3) is 0 Å². The number of carboxylic acid groups (broad SMARTS) is 3. The van der Waals surface area contributed by atoms with E-state index in [9.17, 15) is 24.6 Å². The van der Waals surface area contributed by atoms with Crippen LogP contribution in [-0.4, -0.2) is 39.8 Å². The van der Waals surface area contributed by atoms with Crippen molar-refractivity contribution in [2.24, 2.45) is 40.2 Å². The van der Waals surface area contributed by atoms with Gasteiger partial charge < -0.3 is 21.1 Å². The summed E-state index contributed by atoms with van der Waals surface area (Å²) >= 11 is 0. The monoisotopic (exact) mass is 381 g/mol. The van der Waals surface area contributed by atoms with Gasteiger partial charge >= 0.3 is 17.9 Å². The fourth-order valence-electron chi connectivity index (χ4n) is 6.41. The molecule has 27 heavy (non-hydrogen) atoms. The Morgan fingerprint density at radius 2 is 1.26 bits per heavy atom. The number of nitrogens with two attached hydrogens (primary N) is 1. The zero-order valence-corrected chi connectivity index (χ0v) is 15.7. The van der Waals surface area contributed by atoms with Gasteiger partial charge in [0.15, 0.2) is 0 Å². The lowest BCUT2D eigenvalue weighted by atomic mass is 9.44. The summed E-state index contributed by atoms with van der Waals surface area (Å²) in [6.07, 6.45) is 7.83. The van der Waals surface area contributed by atoms with Crippen molar-refractivity contribution in [3.63, 3.8) is 0 Å². The second kappa shape index (κ2) is 7.41. The zero-order chi connectivity index (χ0) is 19.8. The molecule has 0 aromatic rings. The summed E-state index contributed by atoms with van der Waals surface area (Å²) in [4.78, 5) is 33.4. The van der Waals surface area contributed by atoms with Gasteiger partial charge in [-0.2, -0.15) is 0 Å². The zero-order valence-electron chi connectivity index (χ0n) is 15.7. The molecule has 0 unspecified atom stereocenters. The molecule has 4 bridgehead atoms. The molecule has 0 radical (unpaired) electrons. The van der Waals surface area contributed by atoms with E-state index >= 15 is 0 Å². The Bertz CT molecular complexity index is 564. The van der Waals surface area contributed by atoms with Crippen LogP contribution in [-0.2, 0) is 14.4 Å². The second-order valence-corrected chi connectivity index (χ2v) is 9.42. The molecule has 0 spiro atoms. The summed E-state index contributed by atoms with van der Waals surface area (Å²) < 4.78 is 0. The lowest BCUT2D eigenvalue weighted by Crippen LogP contribution is -2.57. The van der Waals surface area contributed by atoms with Crippen molar-refractivity contribution in [3.8, 4) is 0 Å². The quantitative estimate of drug-likeness (QED) is 0.587. The molecule has 5 aliphatic carbocycles. The van der Waals surface area contributed by atoms with Crippen molar-refractivity contribution in [2.75, 3.05) is 6.54 Å². The average Bonchev–Trinajstić information content (AvgIpc) is 2.61. The third-order valence-electron chi connectivity index (χ3n) is 7.50. The molecule has 5 N–H and O–H groups in total. The minimum Gasteiger partial charge on any atom is -0.481 e. The number of aliphatic carboxylic acids is 3. The Kier molecular flexibility index (Phi) is 5.52. The van der Waals surface area contributed by atoms with Crippen LogP contribution < -0.4 is 5.73 Å². The Labute approximate surface area is 159 Å². The Morgan fingerprint density at radius 3 is 1.59 bits per heavy atom. The number of carbonyl (C=O) groups is 3. The van der Waals surface area contributed by atoms with Gasteiger partial charge in [0, 0.05) is 0 Å². The first kappa shape index (κ1) is 20.1. The average molecular weight is 381 g/mol. The summed E-state index contributed by atoms with van der Waals surface area (Å²) in [5.41, 5.74) is 4.04. The Hall–Kier alpha value is -1.63. The molecule has 5 saturated carbocycles. The van der Waals surface area contributed by atoms with Crippen LogP contribution in [0.15, 0.2) is 0 Å². The molecule has 0 saturated heterocycles. The normalized spacial score (nSPS) is 42.1. The van der Waals surface area contributed by atoms with Gasteiger partial charge in [-0.15, -0.1) is 0 Å².